The molecule has 0 aliphatic rings. The molecule has 8 heteroatoms. The van der Waals surface area contributed by atoms with E-state index in [1.54, 1.807) is 18.3 Å². The highest BCUT2D eigenvalue weighted by atomic mass is 16.5. The number of nitrogens with zero attached hydrogens (tertiary/aromatic N) is 3. The fraction of sp³-hybridized carbons (Fsp3) is 0.452. The van der Waals surface area contributed by atoms with Crippen molar-refractivity contribution in [2.45, 2.75) is 53.9 Å². The van der Waals surface area contributed by atoms with Gasteiger partial charge in [0.25, 0.3) is 0 Å². The van der Waals surface area contributed by atoms with Crippen molar-refractivity contribution in [1.29, 1.82) is 5.26 Å². The van der Waals surface area contributed by atoms with Crippen LogP contribution in [0.5, 0.6) is 5.75 Å². The van der Waals surface area contributed by atoms with Crippen LogP contribution in [0.4, 0.5) is 21.9 Å². The highest BCUT2D eigenvalue weighted by molar-refractivity contribution is 5.90. The fourth-order valence-electron chi connectivity index (χ4n) is 3.05. The van der Waals surface area contributed by atoms with Crippen molar-refractivity contribution in [3.8, 4) is 11.8 Å². The molecule has 8 nitrogen and oxygen atoms in total. The molecule has 2 aromatic carbocycles. The van der Waals surface area contributed by atoms with Crippen LogP contribution in [0.3, 0.4) is 0 Å². The van der Waals surface area contributed by atoms with Crippen molar-refractivity contribution in [3.63, 3.8) is 0 Å². The standard InChI is InChI=1S/C27H36N6O2.C4H10/c1-7-29-25-18-23(35-17-16-33(5)6)12-13-24(25)20(2)31-21-8-10-22(11-9-21)32-26(34)30-15-14-27(3,4)19-28;1-3-4-2/h7-13,18,31H,2,14-17H2,1,3-6H3,(H2,30,32,34);3-4H2,1-2H3. The lowest BCUT2D eigenvalue weighted by Gasteiger charge is -2.16. The smallest absolute Gasteiger partial charge is 0.319 e. The van der Waals surface area contributed by atoms with E-state index in [9.17, 15) is 4.79 Å². The number of hydrogen-bond acceptors (Lipinski definition) is 6. The van der Waals surface area contributed by atoms with E-state index < -0.39 is 5.41 Å². The van der Waals surface area contributed by atoms with Crippen LogP contribution in [0.1, 0.15) is 59.4 Å². The zero-order valence-electron chi connectivity index (χ0n) is 24.7. The number of benzene rings is 2. The van der Waals surface area contributed by atoms with Crippen LogP contribution in [0, 0.1) is 16.7 Å². The molecular formula is C31H46N6O2. The van der Waals surface area contributed by atoms with Gasteiger partial charge in [-0.3, -0.25) is 4.99 Å². The van der Waals surface area contributed by atoms with E-state index in [0.717, 1.165) is 29.2 Å². The Kier molecular flexibility index (Phi) is 15.0. The van der Waals surface area contributed by atoms with E-state index in [0.29, 0.717) is 31.0 Å². The molecule has 2 rings (SSSR count). The number of nitriles is 1. The van der Waals surface area contributed by atoms with Gasteiger partial charge in [-0.15, -0.1) is 0 Å². The summed E-state index contributed by atoms with van der Waals surface area (Å²) in [5, 5.41) is 17.9. The van der Waals surface area contributed by atoms with Gasteiger partial charge in [0.15, 0.2) is 0 Å². The van der Waals surface area contributed by atoms with E-state index in [4.69, 9.17) is 10.00 Å². The number of rotatable bonds is 13. The molecule has 0 saturated heterocycles. The number of carbonyl (C=O) groups is 1. The number of ether oxygens (including phenoxy) is 1. The molecule has 0 unspecified atom stereocenters. The van der Waals surface area contributed by atoms with Crippen LogP contribution in [0.2, 0.25) is 0 Å². The van der Waals surface area contributed by atoms with Gasteiger partial charge in [-0.05, 0) is 77.7 Å². The van der Waals surface area contributed by atoms with Gasteiger partial charge in [0.05, 0.1) is 17.2 Å². The summed E-state index contributed by atoms with van der Waals surface area (Å²) in [6.45, 7) is 15.9. The van der Waals surface area contributed by atoms with Gasteiger partial charge >= 0.3 is 6.03 Å². The number of amides is 2. The first kappa shape index (κ1) is 33.2. The van der Waals surface area contributed by atoms with Gasteiger partial charge in [0.1, 0.15) is 12.4 Å². The van der Waals surface area contributed by atoms with Crippen molar-refractivity contribution in [2.75, 3.05) is 44.4 Å². The van der Waals surface area contributed by atoms with E-state index in [1.165, 1.54) is 12.8 Å². The molecule has 0 saturated carbocycles. The molecule has 0 spiro atoms. The second-order valence-electron chi connectivity index (χ2n) is 10.0. The van der Waals surface area contributed by atoms with Crippen molar-refractivity contribution < 1.29 is 9.53 Å². The van der Waals surface area contributed by atoms with Crippen LogP contribution in [-0.2, 0) is 0 Å². The molecule has 0 aliphatic carbocycles. The Balaban J connectivity index is 0.00000177. The monoisotopic (exact) mass is 534 g/mol. The zero-order valence-corrected chi connectivity index (χ0v) is 24.7. The summed E-state index contributed by atoms with van der Waals surface area (Å²) in [4.78, 5) is 18.6. The number of hydrogen-bond donors (Lipinski definition) is 3. The van der Waals surface area contributed by atoms with Gasteiger partial charge in [0.2, 0.25) is 0 Å². The van der Waals surface area contributed by atoms with Gasteiger partial charge < -0.3 is 25.6 Å². The molecule has 2 amide bonds. The predicted octanol–water partition coefficient (Wildman–Crippen LogP) is 7.30. The number of urea groups is 1. The largest absolute Gasteiger partial charge is 0.492 e. The minimum absolute atomic E-state index is 0.307. The molecular weight excluding hydrogens is 488 g/mol. The first-order chi connectivity index (χ1) is 18.5. The second kappa shape index (κ2) is 17.6. The van der Waals surface area contributed by atoms with E-state index in [-0.39, 0.29) is 6.03 Å². The van der Waals surface area contributed by atoms with E-state index in [1.807, 2.05) is 65.2 Å². The van der Waals surface area contributed by atoms with Gasteiger partial charge in [0, 0.05) is 48.0 Å². The highest BCUT2D eigenvalue weighted by Crippen LogP contribution is 2.31. The van der Waals surface area contributed by atoms with Crippen molar-refractivity contribution in [1.82, 2.24) is 10.2 Å². The number of aliphatic imine (C=N–C) groups is 1. The maximum Gasteiger partial charge on any atom is 0.319 e. The third-order valence-electron chi connectivity index (χ3n) is 5.65. The minimum Gasteiger partial charge on any atom is -0.492 e. The summed E-state index contributed by atoms with van der Waals surface area (Å²) in [6.07, 6.45) is 4.96. The van der Waals surface area contributed by atoms with Gasteiger partial charge in [-0.1, -0.05) is 33.3 Å². The molecule has 0 fully saturated rings. The van der Waals surface area contributed by atoms with Crippen LogP contribution in [0.25, 0.3) is 5.70 Å². The van der Waals surface area contributed by atoms with Crippen LogP contribution in [0.15, 0.2) is 54.0 Å². The predicted molar refractivity (Wildman–Crippen MR) is 165 cm³/mol. The van der Waals surface area contributed by atoms with Crippen molar-refractivity contribution in [3.05, 3.63) is 54.6 Å². The summed E-state index contributed by atoms with van der Waals surface area (Å²) >= 11 is 0. The van der Waals surface area contributed by atoms with Gasteiger partial charge in [-0.25, -0.2) is 4.79 Å². The average Bonchev–Trinajstić information content (AvgIpc) is 2.90. The normalized spacial score (nSPS) is 10.8. The molecule has 0 bridgehead atoms. The lowest BCUT2D eigenvalue weighted by molar-refractivity contribution is 0.251. The molecule has 2 aromatic rings. The molecule has 212 valence electrons. The number of anilines is 2. The van der Waals surface area contributed by atoms with E-state index in [2.05, 4.69) is 52.3 Å². The topological polar surface area (TPSA) is 102 Å². The minimum atomic E-state index is -0.468. The number of unbranched alkanes of at least 4 members (excludes halogenated alkanes) is 1. The second-order valence-corrected chi connectivity index (χ2v) is 10.0. The Morgan fingerprint density at radius 2 is 1.72 bits per heavy atom. The Hall–Kier alpha value is -3.83. The third-order valence-corrected chi connectivity index (χ3v) is 5.65. The molecule has 0 aromatic heterocycles. The SMILES string of the molecule is C=C(Nc1ccc(NC(=O)NCCC(C)(C)C#N)cc1)c1ccc(OCCN(C)C)cc1N=CC.CCCC. The zero-order chi connectivity index (χ0) is 29.3. The summed E-state index contributed by atoms with van der Waals surface area (Å²) in [5.74, 6) is 0.758. The first-order valence-electron chi connectivity index (χ1n) is 13.5. The Bertz CT molecular complexity index is 1100. The Morgan fingerprint density at radius 3 is 2.26 bits per heavy atom. The van der Waals surface area contributed by atoms with E-state index >= 15 is 0 Å². The Morgan fingerprint density at radius 1 is 1.10 bits per heavy atom. The summed E-state index contributed by atoms with van der Waals surface area (Å²) in [5.41, 5.74) is 3.35. The van der Waals surface area contributed by atoms with Crippen LogP contribution in [-0.4, -0.2) is 50.9 Å². The quantitative estimate of drug-likeness (QED) is 0.234. The maximum absolute atomic E-state index is 12.1. The molecule has 3 N–H and O–H groups in total. The highest BCUT2D eigenvalue weighted by Gasteiger charge is 2.16. The van der Waals surface area contributed by atoms with Crippen molar-refractivity contribution >= 4 is 35.0 Å². The third kappa shape index (κ3) is 13.5. The molecule has 39 heavy (non-hydrogen) atoms. The lowest BCUT2D eigenvalue weighted by Crippen LogP contribution is -2.31. The molecule has 0 radical (unpaired) electrons. The van der Waals surface area contributed by atoms with Crippen LogP contribution < -0.4 is 20.7 Å². The van der Waals surface area contributed by atoms with Crippen LogP contribution >= 0.6 is 0 Å². The van der Waals surface area contributed by atoms with Gasteiger partial charge in [-0.2, -0.15) is 5.26 Å². The molecule has 0 aliphatic heterocycles. The first-order valence-corrected chi connectivity index (χ1v) is 13.5. The fourth-order valence-corrected chi connectivity index (χ4v) is 3.05. The lowest BCUT2D eigenvalue weighted by atomic mass is 9.92. The summed E-state index contributed by atoms with van der Waals surface area (Å²) < 4.78 is 5.83. The molecule has 0 atom stereocenters. The average molecular weight is 535 g/mol. The van der Waals surface area contributed by atoms with Crippen molar-refractivity contribution in [2.24, 2.45) is 10.4 Å². The molecule has 0 heterocycles. The Labute approximate surface area is 235 Å². The number of carbonyl (C=O) groups excluding carboxylic acids is 1. The maximum atomic E-state index is 12.1. The number of likely N-dealkylation sites (N-methyl/N-ethyl adjacent to an activating group) is 1. The number of nitrogens with one attached hydrogen (secondary N) is 3. The summed E-state index contributed by atoms with van der Waals surface area (Å²) in [7, 11) is 4.01. The summed E-state index contributed by atoms with van der Waals surface area (Å²) in [6, 6.07) is 15.0.